The standard InChI is InChI=1S/C18H10ClF6I3N2O4/c1-33-13-8(3-2-4-10(13)30-32)14(31)29-12-9(19)5-7(6-11(12)34-15(20)26)16(27,17(21,22)23)18(24,25)28/h2-6,15H,1H3,(H,29,31). The zero-order valence-electron chi connectivity index (χ0n) is 16.3. The molecule has 0 saturated carbocycles. The summed E-state index contributed by atoms with van der Waals surface area (Å²) in [6, 6.07) is 4.87. The van der Waals surface area contributed by atoms with E-state index in [4.69, 9.17) is 21.1 Å². The molecule has 2 aromatic carbocycles. The van der Waals surface area contributed by atoms with Gasteiger partial charge in [0.1, 0.15) is 11.4 Å². The van der Waals surface area contributed by atoms with Crippen LogP contribution in [0.4, 0.5) is 37.7 Å². The lowest BCUT2D eigenvalue weighted by Crippen LogP contribution is -2.48. The largest absolute Gasteiger partial charge is 0.494 e. The molecule has 0 aliphatic rings. The summed E-state index contributed by atoms with van der Waals surface area (Å²) in [6.45, 7) is 0. The fourth-order valence-corrected chi connectivity index (χ4v) is 4.21. The van der Waals surface area contributed by atoms with Crippen molar-refractivity contribution in [2.45, 2.75) is 17.9 Å². The molecule has 2 atom stereocenters. The fourth-order valence-electron chi connectivity index (χ4n) is 2.75. The summed E-state index contributed by atoms with van der Waals surface area (Å²) in [5.74, 6) is -1.95. The number of nitrogens with zero attached hydrogens (tertiary/aromatic N) is 1. The van der Waals surface area contributed by atoms with Crippen LogP contribution in [0.3, 0.4) is 0 Å². The van der Waals surface area contributed by atoms with Gasteiger partial charge in [-0.3, -0.25) is 4.79 Å². The number of ether oxygens (including phenoxy) is 2. The predicted octanol–water partition coefficient (Wildman–Crippen LogP) is 8.29. The van der Waals surface area contributed by atoms with E-state index in [2.05, 4.69) is 10.5 Å². The topological polar surface area (TPSA) is 77.0 Å². The second-order valence-corrected chi connectivity index (χ2v) is 10.6. The minimum Gasteiger partial charge on any atom is -0.494 e. The summed E-state index contributed by atoms with van der Waals surface area (Å²) in [7, 11) is 1.15. The molecule has 0 bridgehead atoms. The Bertz CT molecular complexity index is 1080. The maximum Gasteiger partial charge on any atom is 0.413 e. The maximum absolute atomic E-state index is 14.1. The summed E-state index contributed by atoms with van der Waals surface area (Å²) in [4.78, 5) is 23.7. The molecule has 34 heavy (non-hydrogen) atoms. The molecule has 2 aromatic rings. The molecule has 0 spiro atoms. The van der Waals surface area contributed by atoms with Crippen LogP contribution >= 0.6 is 79.4 Å². The molecule has 6 nitrogen and oxygen atoms in total. The van der Waals surface area contributed by atoms with E-state index in [9.17, 15) is 36.0 Å². The summed E-state index contributed by atoms with van der Waals surface area (Å²) < 4.78 is 82.7. The van der Waals surface area contributed by atoms with E-state index in [1.165, 1.54) is 18.2 Å². The Balaban J connectivity index is 2.68. The molecule has 0 fully saturated rings. The number of hydrogen-bond acceptors (Lipinski definition) is 5. The van der Waals surface area contributed by atoms with Crippen molar-refractivity contribution in [3.8, 4) is 11.5 Å². The van der Waals surface area contributed by atoms with Gasteiger partial charge in [0, 0.05) is 45.2 Å². The Morgan fingerprint density at radius 2 is 1.79 bits per heavy atom. The van der Waals surface area contributed by atoms with Crippen LogP contribution in [0.5, 0.6) is 11.5 Å². The first-order chi connectivity index (χ1) is 15.6. The van der Waals surface area contributed by atoms with Crippen LogP contribution in [0, 0.1) is 4.91 Å². The number of carbonyl (C=O) groups excluding carboxylic acids is 1. The molecule has 2 rings (SSSR count). The van der Waals surface area contributed by atoms with E-state index in [0.29, 0.717) is 57.3 Å². The van der Waals surface area contributed by atoms with Crippen LogP contribution in [-0.4, -0.2) is 27.5 Å². The number of nitrogens with one attached hydrogen (secondary N) is 1. The number of nitroso groups, excluding NO2 is 1. The van der Waals surface area contributed by atoms with Crippen molar-refractivity contribution >= 4 is 96.7 Å². The number of halogens is 10. The lowest BCUT2D eigenvalue weighted by molar-refractivity contribution is -0.189. The van der Waals surface area contributed by atoms with Crippen LogP contribution in [0.25, 0.3) is 0 Å². The average molecular weight is 848 g/mol. The highest BCUT2D eigenvalue weighted by molar-refractivity contribution is 14.1. The van der Waals surface area contributed by atoms with Crippen molar-refractivity contribution in [2.75, 3.05) is 12.4 Å². The van der Waals surface area contributed by atoms with Crippen molar-refractivity contribution < 1.29 is 40.6 Å². The van der Waals surface area contributed by atoms with E-state index in [1.54, 1.807) is 0 Å². The van der Waals surface area contributed by atoms with E-state index in [1.807, 2.05) is 0 Å². The Hall–Kier alpha value is -0.830. The van der Waals surface area contributed by atoms with Gasteiger partial charge < -0.3 is 14.8 Å². The number of rotatable bonds is 8. The quantitative estimate of drug-likeness (QED) is 0.126. The first-order valence-electron chi connectivity index (χ1n) is 8.51. The maximum atomic E-state index is 14.1. The van der Waals surface area contributed by atoms with Crippen molar-refractivity contribution in [2.24, 2.45) is 5.18 Å². The summed E-state index contributed by atoms with van der Waals surface area (Å²) in [5, 5.41) is 4.29. The number of carbonyl (C=O) groups is 1. The van der Waals surface area contributed by atoms with E-state index >= 15 is 0 Å². The number of anilines is 1. The molecule has 0 heterocycles. The molecule has 0 saturated heterocycles. The highest BCUT2D eigenvalue weighted by Gasteiger charge is 2.68. The van der Waals surface area contributed by atoms with Gasteiger partial charge in [-0.15, -0.1) is 4.91 Å². The molecule has 0 aliphatic heterocycles. The highest BCUT2D eigenvalue weighted by atomic mass is 127. The molecular weight excluding hydrogens is 838 g/mol. The molecule has 1 N–H and O–H groups in total. The molecule has 0 aliphatic carbocycles. The smallest absolute Gasteiger partial charge is 0.413 e. The number of para-hydroxylation sites is 1. The third-order valence-electron chi connectivity index (χ3n) is 4.23. The minimum atomic E-state index is -5.46. The molecule has 16 heteroatoms. The Kier molecular flexibility index (Phi) is 9.56. The third kappa shape index (κ3) is 5.93. The highest BCUT2D eigenvalue weighted by Crippen LogP contribution is 2.60. The van der Waals surface area contributed by atoms with Crippen molar-refractivity contribution in [3.05, 3.63) is 51.4 Å². The summed E-state index contributed by atoms with van der Waals surface area (Å²) in [6.07, 6.45) is -5.46. The molecular formula is C18H10ClF6I3N2O4. The zero-order chi connectivity index (χ0) is 26.1. The lowest BCUT2D eigenvalue weighted by atomic mass is 9.97. The van der Waals surface area contributed by atoms with Gasteiger partial charge in [0.15, 0.2) is 11.4 Å². The Morgan fingerprint density at radius 1 is 1.18 bits per heavy atom. The first-order valence-corrected chi connectivity index (χ1v) is 12.3. The van der Waals surface area contributed by atoms with Crippen molar-refractivity contribution in [1.29, 1.82) is 0 Å². The van der Waals surface area contributed by atoms with Crippen LogP contribution in [0.15, 0.2) is 35.5 Å². The van der Waals surface area contributed by atoms with Crippen LogP contribution < -0.4 is 14.8 Å². The predicted molar refractivity (Wildman–Crippen MR) is 138 cm³/mol. The Morgan fingerprint density at radius 3 is 2.26 bits per heavy atom. The number of amides is 1. The van der Waals surface area contributed by atoms with Gasteiger partial charge in [0.25, 0.3) is 10.3 Å². The molecule has 0 radical (unpaired) electrons. The second kappa shape index (κ2) is 11.1. The summed E-state index contributed by atoms with van der Waals surface area (Å²) in [5.41, 5.74) is -2.00. The first kappa shape index (κ1) is 29.4. The number of hydrogen-bond donors (Lipinski definition) is 1. The van der Waals surface area contributed by atoms with E-state index in [-0.39, 0.29) is 17.0 Å². The zero-order valence-corrected chi connectivity index (χ0v) is 23.6. The van der Waals surface area contributed by atoms with Gasteiger partial charge in [0.2, 0.25) is 3.42 Å². The molecule has 1 amide bonds. The van der Waals surface area contributed by atoms with Gasteiger partial charge in [-0.1, -0.05) is 40.3 Å². The fraction of sp³-hybridized carbons (Fsp3) is 0.278. The van der Waals surface area contributed by atoms with Crippen LogP contribution in [0.1, 0.15) is 15.9 Å². The molecule has 186 valence electrons. The number of benzene rings is 2. The van der Waals surface area contributed by atoms with Crippen LogP contribution in [0.2, 0.25) is 5.02 Å². The van der Waals surface area contributed by atoms with Crippen molar-refractivity contribution in [3.63, 3.8) is 0 Å². The SMILES string of the molecule is COc1c(N=O)cccc1C(=O)Nc1c(Cl)cc(C(I)(C(F)(F)F)C(F)(F)I)cc1OC(F)I. The van der Waals surface area contributed by atoms with E-state index < -0.39 is 45.8 Å². The van der Waals surface area contributed by atoms with Gasteiger partial charge >= 0.3 is 10.1 Å². The third-order valence-corrected chi connectivity index (χ3v) is 8.53. The van der Waals surface area contributed by atoms with Gasteiger partial charge in [-0.2, -0.15) is 26.3 Å². The Labute approximate surface area is 233 Å². The van der Waals surface area contributed by atoms with Gasteiger partial charge in [-0.05, 0) is 35.0 Å². The van der Waals surface area contributed by atoms with Crippen molar-refractivity contribution in [1.82, 2.24) is 0 Å². The van der Waals surface area contributed by atoms with Gasteiger partial charge in [0.05, 0.1) is 17.7 Å². The molecule has 2 unspecified atom stereocenters. The van der Waals surface area contributed by atoms with Crippen LogP contribution in [-0.2, 0) is 3.42 Å². The number of alkyl halides is 9. The average Bonchev–Trinajstić information content (AvgIpc) is 2.72. The van der Waals surface area contributed by atoms with Gasteiger partial charge in [-0.25, -0.2) is 0 Å². The monoisotopic (exact) mass is 848 g/mol. The van der Waals surface area contributed by atoms with E-state index in [0.717, 1.165) is 29.7 Å². The lowest BCUT2D eigenvalue weighted by Gasteiger charge is -2.35. The minimum absolute atomic E-state index is 0.227. The molecule has 0 aromatic heterocycles. The summed E-state index contributed by atoms with van der Waals surface area (Å²) >= 11 is 8.06. The normalized spacial score (nSPS) is 14.7. The second-order valence-electron chi connectivity index (χ2n) is 6.27. The number of methoxy groups -OCH3 is 1.